The molecular weight excluding hydrogens is 298 g/mol. The molecule has 1 N–H and O–H groups in total. The monoisotopic (exact) mass is 309 g/mol. The van der Waals surface area contributed by atoms with E-state index in [9.17, 15) is 4.79 Å². The van der Waals surface area contributed by atoms with Gasteiger partial charge in [0, 0.05) is 11.9 Å². The molecule has 1 heterocycles. The van der Waals surface area contributed by atoms with Crippen molar-refractivity contribution in [3.05, 3.63) is 20.8 Å². The number of halogens is 2. The molecule has 0 bridgehead atoms. The Morgan fingerprint density at radius 1 is 1.60 bits per heavy atom. The normalized spacial score (nSPS) is 14.7. The molecule has 2 nitrogen and oxygen atoms in total. The molecule has 15 heavy (non-hydrogen) atoms. The summed E-state index contributed by atoms with van der Waals surface area (Å²) in [6.45, 7) is 3.98. The van der Waals surface area contributed by atoms with Crippen LogP contribution in [0.25, 0.3) is 0 Å². The number of hydrogen-bond donors (Lipinski definition) is 1. The van der Waals surface area contributed by atoms with E-state index in [1.165, 1.54) is 11.3 Å². The van der Waals surface area contributed by atoms with Crippen molar-refractivity contribution in [2.24, 2.45) is 5.92 Å². The van der Waals surface area contributed by atoms with Crippen LogP contribution in [0, 0.1) is 5.92 Å². The maximum absolute atomic E-state index is 11.7. The Bertz CT molecular complexity index is 342. The zero-order valence-electron chi connectivity index (χ0n) is 8.59. The second-order valence-corrected chi connectivity index (χ2v) is 6.27. The van der Waals surface area contributed by atoms with Gasteiger partial charge in [-0.3, -0.25) is 4.79 Å². The zero-order valence-corrected chi connectivity index (χ0v) is 11.7. The maximum atomic E-state index is 11.7. The molecule has 2 atom stereocenters. The van der Waals surface area contributed by atoms with Crippen molar-refractivity contribution >= 4 is 44.8 Å². The number of thiophene rings is 1. The smallest absolute Gasteiger partial charge is 0.261 e. The molecule has 1 amide bonds. The van der Waals surface area contributed by atoms with E-state index in [1.54, 1.807) is 0 Å². The van der Waals surface area contributed by atoms with Crippen LogP contribution in [0.5, 0.6) is 0 Å². The zero-order chi connectivity index (χ0) is 11.4. The van der Waals surface area contributed by atoms with Gasteiger partial charge in [-0.15, -0.1) is 22.9 Å². The number of rotatable bonds is 4. The van der Waals surface area contributed by atoms with E-state index < -0.39 is 0 Å². The van der Waals surface area contributed by atoms with Crippen LogP contribution in [-0.2, 0) is 0 Å². The SMILES string of the molecule is CC(CCl)C(C)NC(=O)c1ccc(Br)s1. The minimum Gasteiger partial charge on any atom is -0.349 e. The summed E-state index contributed by atoms with van der Waals surface area (Å²) in [5.74, 6) is 0.796. The van der Waals surface area contributed by atoms with Gasteiger partial charge in [0.2, 0.25) is 0 Å². The van der Waals surface area contributed by atoms with Crippen molar-refractivity contribution in [1.82, 2.24) is 5.32 Å². The average molecular weight is 311 g/mol. The van der Waals surface area contributed by atoms with Gasteiger partial charge in [0.25, 0.3) is 5.91 Å². The van der Waals surface area contributed by atoms with Crippen LogP contribution in [0.2, 0.25) is 0 Å². The summed E-state index contributed by atoms with van der Waals surface area (Å²) in [7, 11) is 0. The van der Waals surface area contributed by atoms with Gasteiger partial charge in [0.05, 0.1) is 8.66 Å². The van der Waals surface area contributed by atoms with Crippen LogP contribution in [-0.4, -0.2) is 17.8 Å². The molecule has 0 fully saturated rings. The molecule has 0 aromatic carbocycles. The van der Waals surface area contributed by atoms with Crippen molar-refractivity contribution < 1.29 is 4.79 Å². The van der Waals surface area contributed by atoms with Crippen LogP contribution in [0.1, 0.15) is 23.5 Å². The molecule has 0 aliphatic rings. The minimum absolute atomic E-state index is 0.0323. The number of hydrogen-bond acceptors (Lipinski definition) is 2. The largest absolute Gasteiger partial charge is 0.349 e. The van der Waals surface area contributed by atoms with E-state index in [1.807, 2.05) is 26.0 Å². The molecule has 1 aromatic heterocycles. The number of nitrogens with one attached hydrogen (secondary N) is 1. The van der Waals surface area contributed by atoms with Gasteiger partial charge in [-0.2, -0.15) is 0 Å². The fraction of sp³-hybridized carbons (Fsp3) is 0.500. The fourth-order valence-corrected chi connectivity index (χ4v) is 2.55. The van der Waals surface area contributed by atoms with E-state index in [-0.39, 0.29) is 17.9 Å². The molecular formula is C10H13BrClNOS. The summed E-state index contributed by atoms with van der Waals surface area (Å²) in [6.07, 6.45) is 0. The molecule has 1 aromatic rings. The predicted octanol–water partition coefficient (Wildman–Crippen LogP) is 3.50. The molecule has 5 heteroatoms. The highest BCUT2D eigenvalue weighted by Gasteiger charge is 2.15. The standard InChI is InChI=1S/C10H13BrClNOS/c1-6(5-12)7(2)13-10(14)8-3-4-9(11)15-8/h3-4,6-7H,5H2,1-2H3,(H,13,14). The summed E-state index contributed by atoms with van der Waals surface area (Å²) in [4.78, 5) is 12.4. The number of carbonyl (C=O) groups is 1. The molecule has 2 unspecified atom stereocenters. The first-order valence-electron chi connectivity index (χ1n) is 4.66. The Balaban J connectivity index is 2.56. The molecule has 0 saturated heterocycles. The lowest BCUT2D eigenvalue weighted by Gasteiger charge is -2.18. The summed E-state index contributed by atoms with van der Waals surface area (Å²) in [6, 6.07) is 3.77. The van der Waals surface area contributed by atoms with E-state index in [0.717, 1.165) is 8.66 Å². The van der Waals surface area contributed by atoms with Crippen LogP contribution >= 0.6 is 38.9 Å². The number of amides is 1. The molecule has 0 aliphatic heterocycles. The van der Waals surface area contributed by atoms with Gasteiger partial charge in [0.15, 0.2) is 0 Å². The summed E-state index contributed by atoms with van der Waals surface area (Å²) >= 11 is 10.5. The third kappa shape index (κ3) is 3.78. The Hall–Kier alpha value is -0.0600. The summed E-state index contributed by atoms with van der Waals surface area (Å²) < 4.78 is 0.964. The average Bonchev–Trinajstić information content (AvgIpc) is 2.63. The third-order valence-electron chi connectivity index (χ3n) is 2.25. The lowest BCUT2D eigenvalue weighted by molar-refractivity contribution is 0.0935. The van der Waals surface area contributed by atoms with Crippen LogP contribution in [0.15, 0.2) is 15.9 Å². The molecule has 1 rings (SSSR count). The van der Waals surface area contributed by atoms with Crippen molar-refractivity contribution in [3.8, 4) is 0 Å². The molecule has 0 radical (unpaired) electrons. The molecule has 0 aliphatic carbocycles. The van der Waals surface area contributed by atoms with Gasteiger partial charge >= 0.3 is 0 Å². The minimum atomic E-state index is -0.0323. The quantitative estimate of drug-likeness (QED) is 0.847. The van der Waals surface area contributed by atoms with Gasteiger partial charge in [-0.25, -0.2) is 0 Å². The number of carbonyl (C=O) groups excluding carboxylic acids is 1. The predicted molar refractivity (Wildman–Crippen MR) is 68.8 cm³/mol. The Morgan fingerprint density at radius 3 is 2.73 bits per heavy atom. The van der Waals surface area contributed by atoms with Crippen molar-refractivity contribution in [1.29, 1.82) is 0 Å². The second-order valence-electron chi connectivity index (χ2n) is 3.50. The van der Waals surface area contributed by atoms with E-state index in [2.05, 4.69) is 21.2 Å². The Kier molecular flexibility index (Phi) is 5.09. The third-order valence-corrected chi connectivity index (χ3v) is 4.36. The fourth-order valence-electron chi connectivity index (χ4n) is 0.990. The van der Waals surface area contributed by atoms with E-state index >= 15 is 0 Å². The first-order valence-corrected chi connectivity index (χ1v) is 6.81. The highest BCUT2D eigenvalue weighted by atomic mass is 79.9. The highest BCUT2D eigenvalue weighted by Crippen LogP contribution is 2.22. The first-order chi connectivity index (χ1) is 7.04. The second kappa shape index (κ2) is 5.87. The molecule has 0 spiro atoms. The van der Waals surface area contributed by atoms with Gasteiger partial charge < -0.3 is 5.32 Å². The molecule has 84 valence electrons. The highest BCUT2D eigenvalue weighted by molar-refractivity contribution is 9.11. The lowest BCUT2D eigenvalue weighted by atomic mass is 10.1. The van der Waals surface area contributed by atoms with Gasteiger partial charge in [-0.05, 0) is 40.9 Å². The molecule has 0 saturated carbocycles. The van der Waals surface area contributed by atoms with Crippen molar-refractivity contribution in [2.75, 3.05) is 5.88 Å². The first kappa shape index (κ1) is 13.0. The Labute approximate surface area is 107 Å². The van der Waals surface area contributed by atoms with Crippen LogP contribution < -0.4 is 5.32 Å². The maximum Gasteiger partial charge on any atom is 0.261 e. The van der Waals surface area contributed by atoms with Crippen molar-refractivity contribution in [2.45, 2.75) is 19.9 Å². The van der Waals surface area contributed by atoms with Crippen LogP contribution in [0.4, 0.5) is 0 Å². The summed E-state index contributed by atoms with van der Waals surface area (Å²) in [5, 5.41) is 2.93. The van der Waals surface area contributed by atoms with Gasteiger partial charge in [0.1, 0.15) is 0 Å². The topological polar surface area (TPSA) is 29.1 Å². The van der Waals surface area contributed by atoms with E-state index in [0.29, 0.717) is 5.88 Å². The van der Waals surface area contributed by atoms with Crippen LogP contribution in [0.3, 0.4) is 0 Å². The van der Waals surface area contributed by atoms with Crippen molar-refractivity contribution in [3.63, 3.8) is 0 Å². The number of alkyl halides is 1. The van der Waals surface area contributed by atoms with E-state index in [4.69, 9.17) is 11.6 Å². The lowest BCUT2D eigenvalue weighted by Crippen LogP contribution is -2.37. The Morgan fingerprint density at radius 2 is 2.27 bits per heavy atom. The summed E-state index contributed by atoms with van der Waals surface area (Å²) in [5.41, 5.74) is 0. The van der Waals surface area contributed by atoms with Gasteiger partial charge in [-0.1, -0.05) is 6.92 Å².